The summed E-state index contributed by atoms with van der Waals surface area (Å²) >= 11 is 0. The lowest BCUT2D eigenvalue weighted by molar-refractivity contribution is 0.151. The van der Waals surface area contributed by atoms with Gasteiger partial charge in [0.05, 0.1) is 6.10 Å². The molecule has 70 valence electrons. The van der Waals surface area contributed by atoms with Crippen LogP contribution in [-0.2, 0) is 0 Å². The number of rotatable bonds is 1. The van der Waals surface area contributed by atoms with E-state index in [4.69, 9.17) is 0 Å². The molecule has 2 rings (SSSR count). The molecule has 2 atom stereocenters. The van der Waals surface area contributed by atoms with E-state index in [9.17, 15) is 5.11 Å². The largest absolute Gasteiger partial charge is 0.392 e. The van der Waals surface area contributed by atoms with Gasteiger partial charge in [-0.1, -0.05) is 12.8 Å². The van der Waals surface area contributed by atoms with Crippen LogP contribution in [0.15, 0.2) is 0 Å². The van der Waals surface area contributed by atoms with Crippen LogP contribution in [0, 0.1) is 0 Å². The number of hydrogen-bond donors (Lipinski definition) is 1. The first-order valence-electron chi connectivity index (χ1n) is 5.21. The van der Waals surface area contributed by atoms with Gasteiger partial charge in [0, 0.05) is 18.6 Å². The Balaban J connectivity index is 1.94. The van der Waals surface area contributed by atoms with E-state index >= 15 is 0 Å². The average Bonchev–Trinajstić information content (AvgIpc) is 2.58. The topological polar surface area (TPSA) is 23.5 Å². The van der Waals surface area contributed by atoms with Crippen molar-refractivity contribution in [3.05, 3.63) is 0 Å². The molecule has 2 heteroatoms. The first kappa shape index (κ1) is 8.52. The third-order valence-electron chi connectivity index (χ3n) is 3.39. The maximum absolute atomic E-state index is 9.49. The highest BCUT2D eigenvalue weighted by molar-refractivity contribution is 4.88. The van der Waals surface area contributed by atoms with Gasteiger partial charge in [0.25, 0.3) is 0 Å². The smallest absolute Gasteiger partial charge is 0.0682 e. The Morgan fingerprint density at radius 2 is 1.92 bits per heavy atom. The Morgan fingerprint density at radius 1 is 1.25 bits per heavy atom. The van der Waals surface area contributed by atoms with Crippen LogP contribution in [0.5, 0.6) is 0 Å². The zero-order chi connectivity index (χ0) is 8.55. The minimum atomic E-state index is -0.0550. The quantitative estimate of drug-likeness (QED) is 0.641. The first-order valence-corrected chi connectivity index (χ1v) is 5.21. The van der Waals surface area contributed by atoms with Crippen molar-refractivity contribution in [2.24, 2.45) is 0 Å². The highest BCUT2D eigenvalue weighted by Crippen LogP contribution is 2.29. The molecular weight excluding hydrogens is 150 g/mol. The molecule has 1 N–H and O–H groups in total. The predicted octanol–water partition coefficient (Wildman–Crippen LogP) is 1.38. The van der Waals surface area contributed by atoms with E-state index in [-0.39, 0.29) is 6.10 Å². The Kier molecular flexibility index (Phi) is 2.37. The summed E-state index contributed by atoms with van der Waals surface area (Å²) in [5.41, 5.74) is 0. The number of likely N-dealkylation sites (tertiary alicyclic amines) is 1. The van der Waals surface area contributed by atoms with Crippen LogP contribution >= 0.6 is 0 Å². The van der Waals surface area contributed by atoms with Crippen molar-refractivity contribution in [2.75, 3.05) is 6.54 Å². The van der Waals surface area contributed by atoms with Gasteiger partial charge in [-0.2, -0.15) is 0 Å². The Bertz CT molecular complexity index is 154. The number of hydrogen-bond acceptors (Lipinski definition) is 2. The lowest BCUT2D eigenvalue weighted by Gasteiger charge is -2.27. The molecule has 1 heterocycles. The third kappa shape index (κ3) is 1.50. The molecule has 1 saturated carbocycles. The lowest BCUT2D eigenvalue weighted by atomic mass is 10.2. The standard InChI is InChI=1S/C10H19NO/c1-8-6-10(12)7-11(8)9-4-2-3-5-9/h8-10,12H,2-7H2,1H3. The van der Waals surface area contributed by atoms with Crippen molar-refractivity contribution < 1.29 is 5.11 Å². The molecule has 2 aliphatic rings. The molecule has 0 amide bonds. The van der Waals surface area contributed by atoms with Crippen LogP contribution < -0.4 is 0 Å². The monoisotopic (exact) mass is 169 g/mol. The van der Waals surface area contributed by atoms with Crippen LogP contribution in [0.3, 0.4) is 0 Å². The fourth-order valence-corrected chi connectivity index (χ4v) is 2.77. The molecule has 0 spiro atoms. The lowest BCUT2D eigenvalue weighted by Crippen LogP contribution is -2.36. The summed E-state index contributed by atoms with van der Waals surface area (Å²) in [5.74, 6) is 0. The molecule has 1 aliphatic heterocycles. The number of aliphatic hydroxyl groups is 1. The van der Waals surface area contributed by atoms with Gasteiger partial charge in [-0.25, -0.2) is 0 Å². The van der Waals surface area contributed by atoms with Gasteiger partial charge < -0.3 is 5.11 Å². The number of nitrogens with zero attached hydrogens (tertiary/aromatic N) is 1. The minimum absolute atomic E-state index is 0.0550. The second kappa shape index (κ2) is 3.35. The molecule has 0 aromatic heterocycles. The molecule has 0 bridgehead atoms. The minimum Gasteiger partial charge on any atom is -0.392 e. The van der Waals surface area contributed by atoms with Gasteiger partial charge in [-0.15, -0.1) is 0 Å². The van der Waals surface area contributed by atoms with Crippen LogP contribution in [0.1, 0.15) is 39.0 Å². The molecule has 12 heavy (non-hydrogen) atoms. The van der Waals surface area contributed by atoms with Crippen molar-refractivity contribution in [1.29, 1.82) is 0 Å². The fourth-order valence-electron chi connectivity index (χ4n) is 2.77. The second-order valence-electron chi connectivity index (χ2n) is 4.37. The summed E-state index contributed by atoms with van der Waals surface area (Å²) in [6, 6.07) is 1.40. The zero-order valence-corrected chi connectivity index (χ0v) is 7.87. The van der Waals surface area contributed by atoms with E-state index < -0.39 is 0 Å². The Hall–Kier alpha value is -0.0800. The fraction of sp³-hybridized carbons (Fsp3) is 1.00. The molecule has 0 aromatic rings. The van der Waals surface area contributed by atoms with E-state index in [1.54, 1.807) is 0 Å². The highest BCUT2D eigenvalue weighted by Gasteiger charge is 2.33. The Morgan fingerprint density at radius 3 is 2.42 bits per heavy atom. The number of β-amino-alcohol motifs (C(OH)–C–C–N with tert-alkyl or cyclic N) is 1. The summed E-state index contributed by atoms with van der Waals surface area (Å²) in [5, 5.41) is 9.49. The third-order valence-corrected chi connectivity index (χ3v) is 3.39. The van der Waals surface area contributed by atoms with Gasteiger partial charge in [-0.3, -0.25) is 4.90 Å². The normalized spacial score (nSPS) is 39.5. The van der Waals surface area contributed by atoms with E-state index in [0.29, 0.717) is 6.04 Å². The van der Waals surface area contributed by atoms with Crippen molar-refractivity contribution in [3.8, 4) is 0 Å². The molecular formula is C10H19NO. The van der Waals surface area contributed by atoms with Gasteiger partial charge in [-0.05, 0) is 26.2 Å². The van der Waals surface area contributed by atoms with E-state index in [1.807, 2.05) is 0 Å². The summed E-state index contributed by atoms with van der Waals surface area (Å²) in [6.07, 6.45) is 6.43. The highest BCUT2D eigenvalue weighted by atomic mass is 16.3. The molecule has 2 unspecified atom stereocenters. The van der Waals surface area contributed by atoms with Crippen molar-refractivity contribution in [3.63, 3.8) is 0 Å². The first-order chi connectivity index (χ1) is 5.77. The summed E-state index contributed by atoms with van der Waals surface area (Å²) < 4.78 is 0. The molecule has 0 radical (unpaired) electrons. The maximum Gasteiger partial charge on any atom is 0.0682 e. The molecule has 0 aromatic carbocycles. The summed E-state index contributed by atoms with van der Waals surface area (Å²) in [4.78, 5) is 2.51. The van der Waals surface area contributed by atoms with Crippen molar-refractivity contribution >= 4 is 0 Å². The number of aliphatic hydroxyl groups excluding tert-OH is 1. The van der Waals surface area contributed by atoms with Crippen molar-refractivity contribution in [2.45, 2.75) is 57.2 Å². The van der Waals surface area contributed by atoms with Crippen LogP contribution in [-0.4, -0.2) is 34.7 Å². The van der Waals surface area contributed by atoms with E-state index in [2.05, 4.69) is 11.8 Å². The predicted molar refractivity (Wildman–Crippen MR) is 49.0 cm³/mol. The van der Waals surface area contributed by atoms with Gasteiger partial charge >= 0.3 is 0 Å². The van der Waals surface area contributed by atoms with Crippen LogP contribution in [0.4, 0.5) is 0 Å². The zero-order valence-electron chi connectivity index (χ0n) is 7.87. The molecule has 1 saturated heterocycles. The van der Waals surface area contributed by atoms with Gasteiger partial charge in [0.1, 0.15) is 0 Å². The van der Waals surface area contributed by atoms with Gasteiger partial charge in [0.2, 0.25) is 0 Å². The summed E-state index contributed by atoms with van der Waals surface area (Å²) in [7, 11) is 0. The maximum atomic E-state index is 9.49. The molecule has 2 fully saturated rings. The molecule has 2 nitrogen and oxygen atoms in total. The van der Waals surface area contributed by atoms with Gasteiger partial charge in [0.15, 0.2) is 0 Å². The van der Waals surface area contributed by atoms with Crippen molar-refractivity contribution in [1.82, 2.24) is 4.90 Å². The van der Waals surface area contributed by atoms with E-state index in [1.165, 1.54) is 25.7 Å². The SMILES string of the molecule is CC1CC(O)CN1C1CCCC1. The summed E-state index contributed by atoms with van der Waals surface area (Å²) in [6.45, 7) is 3.17. The van der Waals surface area contributed by atoms with E-state index in [0.717, 1.165) is 19.0 Å². The Labute approximate surface area is 74.6 Å². The molecule has 1 aliphatic carbocycles. The van der Waals surface area contributed by atoms with Crippen LogP contribution in [0.25, 0.3) is 0 Å². The second-order valence-corrected chi connectivity index (χ2v) is 4.37. The average molecular weight is 169 g/mol. The van der Waals surface area contributed by atoms with Crippen LogP contribution in [0.2, 0.25) is 0 Å².